The van der Waals surface area contributed by atoms with Crippen molar-refractivity contribution in [1.82, 2.24) is 10.9 Å². The smallest absolute Gasteiger partial charge is 0.240 e. The van der Waals surface area contributed by atoms with Crippen LogP contribution in [0.15, 0.2) is 52.6 Å². The first-order chi connectivity index (χ1) is 13.0. The van der Waals surface area contributed by atoms with Crippen molar-refractivity contribution in [1.29, 1.82) is 0 Å². The minimum Gasteiger partial charge on any atom is -0.448 e. The maximum atomic E-state index is 11.6. The zero-order valence-electron chi connectivity index (χ0n) is 14.3. The third-order valence-electron chi connectivity index (χ3n) is 3.26. The van der Waals surface area contributed by atoms with Crippen molar-refractivity contribution in [2.75, 3.05) is 0 Å². The summed E-state index contributed by atoms with van der Waals surface area (Å²) in [6.45, 7) is 0. The summed E-state index contributed by atoms with van der Waals surface area (Å²) in [7, 11) is 0. The Bertz CT molecular complexity index is 747. The van der Waals surface area contributed by atoms with E-state index in [9.17, 15) is 9.59 Å². The molecule has 0 aliphatic carbocycles. The number of carbonyl (C=O) groups excluding carboxylic acids is 2. The SMILES string of the molecule is O=C(CCCCCC(=O)N/N=C/c1ccc(Br)o1)N/N=C/c1ccc(Br)o1. The molecule has 0 saturated heterocycles. The Labute approximate surface area is 172 Å². The molecule has 0 atom stereocenters. The van der Waals surface area contributed by atoms with Gasteiger partial charge >= 0.3 is 0 Å². The van der Waals surface area contributed by atoms with Crippen LogP contribution >= 0.6 is 31.9 Å². The minimum atomic E-state index is -0.185. The molecular weight excluding hydrogens is 484 g/mol. The van der Waals surface area contributed by atoms with Crippen molar-refractivity contribution < 1.29 is 18.4 Å². The number of unbranched alkanes of at least 4 members (excludes halogenated alkanes) is 2. The summed E-state index contributed by atoms with van der Waals surface area (Å²) in [5, 5.41) is 7.62. The van der Waals surface area contributed by atoms with Gasteiger partial charge in [0.05, 0.1) is 12.4 Å². The number of carbonyl (C=O) groups is 2. The molecule has 0 unspecified atom stereocenters. The third kappa shape index (κ3) is 8.83. The normalized spacial score (nSPS) is 11.3. The lowest BCUT2D eigenvalue weighted by Gasteiger charge is -2.01. The lowest BCUT2D eigenvalue weighted by atomic mass is 10.1. The van der Waals surface area contributed by atoms with Crippen LogP contribution in [0.2, 0.25) is 0 Å². The second kappa shape index (κ2) is 11.5. The quantitative estimate of drug-likeness (QED) is 0.292. The summed E-state index contributed by atoms with van der Waals surface area (Å²) >= 11 is 6.36. The Morgan fingerprint density at radius 1 is 0.815 bits per heavy atom. The van der Waals surface area contributed by atoms with Gasteiger partial charge in [0.15, 0.2) is 9.34 Å². The van der Waals surface area contributed by atoms with Gasteiger partial charge in [-0.05, 0) is 69.0 Å². The lowest BCUT2D eigenvalue weighted by molar-refractivity contribution is -0.121. The van der Waals surface area contributed by atoms with Gasteiger partial charge in [-0.15, -0.1) is 0 Å². The Hall–Kier alpha value is -2.20. The molecule has 0 radical (unpaired) electrons. The predicted molar refractivity (Wildman–Crippen MR) is 107 cm³/mol. The van der Waals surface area contributed by atoms with Crippen molar-refractivity contribution >= 4 is 56.1 Å². The first-order valence-electron chi connectivity index (χ1n) is 8.17. The fourth-order valence-electron chi connectivity index (χ4n) is 1.99. The summed E-state index contributed by atoms with van der Waals surface area (Å²) in [6, 6.07) is 6.92. The molecule has 0 spiro atoms. The summed E-state index contributed by atoms with van der Waals surface area (Å²) < 4.78 is 11.6. The summed E-state index contributed by atoms with van der Waals surface area (Å²) in [5.41, 5.74) is 4.86. The highest BCUT2D eigenvalue weighted by Crippen LogP contribution is 2.12. The van der Waals surface area contributed by atoms with Crippen LogP contribution in [0, 0.1) is 0 Å². The van der Waals surface area contributed by atoms with Crippen molar-refractivity contribution in [2.45, 2.75) is 32.1 Å². The molecule has 0 saturated carbocycles. The number of rotatable bonds is 10. The number of nitrogens with one attached hydrogen (secondary N) is 2. The van der Waals surface area contributed by atoms with Gasteiger partial charge in [0.25, 0.3) is 0 Å². The molecule has 2 aromatic heterocycles. The molecule has 2 rings (SSSR count). The Morgan fingerprint density at radius 3 is 1.63 bits per heavy atom. The van der Waals surface area contributed by atoms with Crippen molar-refractivity contribution in [3.63, 3.8) is 0 Å². The number of amides is 2. The number of hydrogen-bond acceptors (Lipinski definition) is 6. The van der Waals surface area contributed by atoms with E-state index in [1.54, 1.807) is 24.3 Å². The number of halogens is 2. The predicted octanol–water partition coefficient (Wildman–Crippen LogP) is 3.95. The maximum Gasteiger partial charge on any atom is 0.240 e. The topological polar surface area (TPSA) is 109 Å². The lowest BCUT2D eigenvalue weighted by Crippen LogP contribution is -2.18. The molecule has 0 aliphatic heterocycles. The number of nitrogens with zero attached hydrogens (tertiary/aromatic N) is 2. The molecule has 144 valence electrons. The molecule has 0 aliphatic rings. The summed E-state index contributed by atoms with van der Waals surface area (Å²) in [6.07, 6.45) is 5.63. The molecule has 0 fully saturated rings. The third-order valence-corrected chi connectivity index (χ3v) is 4.11. The average molecular weight is 502 g/mol. The van der Waals surface area contributed by atoms with E-state index in [1.807, 2.05) is 0 Å². The van der Waals surface area contributed by atoms with Gasteiger partial charge in [0.2, 0.25) is 11.8 Å². The van der Waals surface area contributed by atoms with E-state index < -0.39 is 0 Å². The highest BCUT2D eigenvalue weighted by molar-refractivity contribution is 9.10. The van der Waals surface area contributed by atoms with E-state index in [0.717, 1.165) is 6.42 Å². The standard InChI is InChI=1S/C17H18Br2N4O4/c18-14-8-6-12(26-14)10-20-22-16(24)4-2-1-3-5-17(25)23-21-11-13-7-9-15(19)27-13/h6-11H,1-5H2,(H,22,24)(H,23,25)/b20-10+,21-11+. The highest BCUT2D eigenvalue weighted by Gasteiger charge is 2.03. The Morgan fingerprint density at radius 2 is 1.26 bits per heavy atom. The van der Waals surface area contributed by atoms with E-state index >= 15 is 0 Å². The fraction of sp³-hybridized carbons (Fsp3) is 0.294. The van der Waals surface area contributed by atoms with E-state index in [4.69, 9.17) is 8.83 Å². The Balaban J connectivity index is 1.50. The van der Waals surface area contributed by atoms with Crippen LogP contribution in [-0.4, -0.2) is 24.2 Å². The molecular formula is C17H18Br2N4O4. The van der Waals surface area contributed by atoms with Crippen molar-refractivity contribution in [3.05, 3.63) is 45.1 Å². The van der Waals surface area contributed by atoms with E-state index in [0.29, 0.717) is 46.5 Å². The molecule has 8 nitrogen and oxygen atoms in total. The van der Waals surface area contributed by atoms with Gasteiger partial charge in [-0.3, -0.25) is 9.59 Å². The van der Waals surface area contributed by atoms with E-state index in [-0.39, 0.29) is 11.8 Å². The van der Waals surface area contributed by atoms with Gasteiger partial charge in [0, 0.05) is 12.8 Å². The van der Waals surface area contributed by atoms with Crippen LogP contribution in [-0.2, 0) is 9.59 Å². The summed E-state index contributed by atoms with van der Waals surface area (Å²) in [5.74, 6) is 0.706. The molecule has 2 heterocycles. The fourth-order valence-corrected chi connectivity index (χ4v) is 2.63. The van der Waals surface area contributed by atoms with Crippen molar-refractivity contribution in [2.24, 2.45) is 10.2 Å². The number of hydrazone groups is 2. The zero-order valence-corrected chi connectivity index (χ0v) is 17.5. The summed E-state index contributed by atoms with van der Waals surface area (Å²) in [4.78, 5) is 23.3. The molecule has 2 aromatic rings. The number of hydrogen-bond donors (Lipinski definition) is 2. The second-order valence-electron chi connectivity index (χ2n) is 5.43. The van der Waals surface area contributed by atoms with Gasteiger partial charge in [0.1, 0.15) is 11.5 Å². The van der Waals surface area contributed by atoms with Crippen LogP contribution in [0.4, 0.5) is 0 Å². The van der Waals surface area contributed by atoms with Crippen molar-refractivity contribution in [3.8, 4) is 0 Å². The first-order valence-corrected chi connectivity index (χ1v) is 9.76. The number of furan rings is 2. The molecule has 27 heavy (non-hydrogen) atoms. The molecule has 10 heteroatoms. The van der Waals surface area contributed by atoms with Gasteiger partial charge in [-0.25, -0.2) is 10.9 Å². The maximum absolute atomic E-state index is 11.6. The monoisotopic (exact) mass is 500 g/mol. The van der Waals surface area contributed by atoms with Crippen LogP contribution < -0.4 is 10.9 Å². The first kappa shape index (κ1) is 21.1. The molecule has 0 bridgehead atoms. The minimum absolute atomic E-state index is 0.185. The van der Waals surface area contributed by atoms with Crippen LogP contribution in [0.5, 0.6) is 0 Å². The van der Waals surface area contributed by atoms with Gasteiger partial charge in [-0.2, -0.15) is 10.2 Å². The van der Waals surface area contributed by atoms with E-state index in [1.165, 1.54) is 12.4 Å². The average Bonchev–Trinajstić information content (AvgIpc) is 3.23. The second-order valence-corrected chi connectivity index (χ2v) is 6.99. The van der Waals surface area contributed by atoms with Crippen LogP contribution in [0.3, 0.4) is 0 Å². The molecule has 2 N–H and O–H groups in total. The van der Waals surface area contributed by atoms with Crippen LogP contribution in [0.1, 0.15) is 43.6 Å². The largest absolute Gasteiger partial charge is 0.448 e. The van der Waals surface area contributed by atoms with E-state index in [2.05, 4.69) is 52.9 Å². The molecule has 0 aromatic carbocycles. The Kier molecular flexibility index (Phi) is 8.99. The molecule has 2 amide bonds. The van der Waals surface area contributed by atoms with Crippen LogP contribution in [0.25, 0.3) is 0 Å². The van der Waals surface area contributed by atoms with Gasteiger partial charge < -0.3 is 8.83 Å². The van der Waals surface area contributed by atoms with Gasteiger partial charge in [-0.1, -0.05) is 6.42 Å². The zero-order chi connectivity index (χ0) is 19.5. The highest BCUT2D eigenvalue weighted by atomic mass is 79.9.